The minimum absolute atomic E-state index is 0.0135. The van der Waals surface area contributed by atoms with Gasteiger partial charge < -0.3 is 24.1 Å². The molecule has 0 saturated heterocycles. The molecule has 1 fully saturated rings. The second-order valence-electron chi connectivity index (χ2n) is 11.6. The maximum absolute atomic E-state index is 12.7. The van der Waals surface area contributed by atoms with Gasteiger partial charge in [-0.3, -0.25) is 4.79 Å². The molecule has 0 atom stereocenters. The smallest absolute Gasteiger partial charge is 0.338 e. The monoisotopic (exact) mass is 560 g/mol. The third kappa shape index (κ3) is 7.99. The number of nitrogens with zero attached hydrogens (tertiary/aromatic N) is 1. The van der Waals surface area contributed by atoms with Crippen LogP contribution < -0.4 is 10.1 Å². The Morgan fingerprint density at radius 2 is 1.80 bits per heavy atom. The summed E-state index contributed by atoms with van der Waals surface area (Å²) in [5.41, 5.74) is 3.31. The fraction of sp³-hybridized carbons (Fsp3) is 0.424. The van der Waals surface area contributed by atoms with E-state index in [1.165, 1.54) is 38.9 Å². The topological polar surface area (TPSA) is 95.9 Å². The maximum Gasteiger partial charge on any atom is 0.338 e. The Hall–Kier alpha value is -4.07. The number of aromatic nitrogens is 1. The second-order valence-corrected chi connectivity index (χ2v) is 11.6. The summed E-state index contributed by atoms with van der Waals surface area (Å²) in [7, 11) is 2.91. The van der Waals surface area contributed by atoms with Crippen LogP contribution in [0.4, 0.5) is 0 Å². The molecule has 1 heterocycles. The Morgan fingerprint density at radius 1 is 1.05 bits per heavy atom. The number of hydrogen-bond acceptors (Lipinski definition) is 6. The lowest BCUT2D eigenvalue weighted by atomic mass is 10.1. The number of methoxy groups -OCH3 is 2. The van der Waals surface area contributed by atoms with E-state index < -0.39 is 17.5 Å². The van der Waals surface area contributed by atoms with Crippen molar-refractivity contribution in [1.29, 1.82) is 0 Å². The van der Waals surface area contributed by atoms with E-state index in [4.69, 9.17) is 14.2 Å². The average molecular weight is 561 g/mol. The van der Waals surface area contributed by atoms with Crippen molar-refractivity contribution in [1.82, 2.24) is 9.88 Å². The maximum atomic E-state index is 12.7. The number of rotatable bonds is 10. The summed E-state index contributed by atoms with van der Waals surface area (Å²) in [6.45, 7) is 6.66. The van der Waals surface area contributed by atoms with Crippen molar-refractivity contribution in [3.05, 3.63) is 70.9 Å². The standard InChI is InChI=1S/C33H40N2O6/c1-33(2,3)41-32(38)24-11-12-26(29(18-24)39-4)21-35-20-25(13-15-31(37)40-5)27-14-10-23(16-28(27)35)17-30(36)34-19-22-8-6-7-9-22/h10-16,18,20,22H,6-9,17,19,21H2,1-5H3,(H,34,36)/b15-13+. The number of carbonyl (C=O) groups excluding carboxylic acids is 3. The van der Waals surface area contributed by atoms with Crippen LogP contribution in [0.3, 0.4) is 0 Å². The molecule has 1 saturated carbocycles. The van der Waals surface area contributed by atoms with Crippen molar-refractivity contribution in [3.8, 4) is 5.75 Å². The first-order valence-corrected chi connectivity index (χ1v) is 14.1. The van der Waals surface area contributed by atoms with E-state index in [0.717, 1.165) is 34.1 Å². The van der Waals surface area contributed by atoms with Gasteiger partial charge in [-0.15, -0.1) is 0 Å². The van der Waals surface area contributed by atoms with Gasteiger partial charge in [0.2, 0.25) is 5.91 Å². The molecule has 41 heavy (non-hydrogen) atoms. The van der Waals surface area contributed by atoms with Crippen molar-refractivity contribution in [3.63, 3.8) is 0 Å². The van der Waals surface area contributed by atoms with Crippen molar-refractivity contribution < 1.29 is 28.6 Å². The van der Waals surface area contributed by atoms with Gasteiger partial charge in [0.05, 0.1) is 32.7 Å². The van der Waals surface area contributed by atoms with Gasteiger partial charge in [0.1, 0.15) is 11.4 Å². The van der Waals surface area contributed by atoms with Crippen molar-refractivity contribution in [2.24, 2.45) is 5.92 Å². The van der Waals surface area contributed by atoms with Gasteiger partial charge in [0.25, 0.3) is 0 Å². The largest absolute Gasteiger partial charge is 0.496 e. The molecule has 1 aromatic heterocycles. The summed E-state index contributed by atoms with van der Waals surface area (Å²) in [6.07, 6.45) is 10.2. The number of benzene rings is 2. The fourth-order valence-corrected chi connectivity index (χ4v) is 5.21. The number of hydrogen-bond donors (Lipinski definition) is 1. The highest BCUT2D eigenvalue weighted by atomic mass is 16.6. The summed E-state index contributed by atoms with van der Waals surface area (Å²) in [5.74, 6) is 0.295. The van der Waals surface area contributed by atoms with Gasteiger partial charge in [0.15, 0.2) is 0 Å². The minimum atomic E-state index is -0.605. The highest BCUT2D eigenvalue weighted by molar-refractivity contribution is 5.95. The molecule has 0 bridgehead atoms. The molecule has 0 spiro atoms. The van der Waals surface area contributed by atoms with Crippen molar-refractivity contribution in [2.75, 3.05) is 20.8 Å². The SMILES string of the molecule is COC(=O)/C=C/c1cn(Cc2ccc(C(=O)OC(C)(C)C)cc2OC)c2cc(CC(=O)NCC3CCCC3)ccc12. The zero-order valence-electron chi connectivity index (χ0n) is 24.6. The van der Waals surface area contributed by atoms with Gasteiger partial charge in [-0.1, -0.05) is 31.0 Å². The van der Waals surface area contributed by atoms with E-state index in [1.807, 2.05) is 51.2 Å². The Labute approximate surface area is 241 Å². The van der Waals surface area contributed by atoms with Crippen LogP contribution >= 0.6 is 0 Å². The Bertz CT molecular complexity index is 1440. The molecule has 0 aliphatic heterocycles. The molecule has 8 nitrogen and oxygen atoms in total. The first-order valence-electron chi connectivity index (χ1n) is 14.1. The first-order chi connectivity index (χ1) is 19.6. The molecule has 1 amide bonds. The molecular weight excluding hydrogens is 520 g/mol. The van der Waals surface area contributed by atoms with E-state index in [-0.39, 0.29) is 12.3 Å². The number of esters is 2. The predicted octanol–water partition coefficient (Wildman–Crippen LogP) is 5.69. The van der Waals surface area contributed by atoms with Crippen LogP contribution in [0.5, 0.6) is 5.75 Å². The lowest BCUT2D eigenvalue weighted by Crippen LogP contribution is -2.29. The summed E-state index contributed by atoms with van der Waals surface area (Å²) in [6, 6.07) is 11.2. The van der Waals surface area contributed by atoms with Crippen LogP contribution in [0.25, 0.3) is 17.0 Å². The first kappa shape index (κ1) is 29.9. The van der Waals surface area contributed by atoms with Crippen LogP contribution in [0.1, 0.15) is 73.5 Å². The molecule has 218 valence electrons. The third-order valence-electron chi connectivity index (χ3n) is 7.27. The molecule has 0 radical (unpaired) electrons. The summed E-state index contributed by atoms with van der Waals surface area (Å²) in [4.78, 5) is 37.1. The predicted molar refractivity (Wildman–Crippen MR) is 159 cm³/mol. The van der Waals surface area contributed by atoms with Gasteiger partial charge in [0, 0.05) is 40.8 Å². The third-order valence-corrected chi connectivity index (χ3v) is 7.27. The number of amides is 1. The molecule has 1 N–H and O–H groups in total. The zero-order chi connectivity index (χ0) is 29.6. The van der Waals surface area contributed by atoms with Crippen LogP contribution in [-0.4, -0.2) is 48.8 Å². The molecule has 8 heteroatoms. The molecule has 1 aliphatic carbocycles. The highest BCUT2D eigenvalue weighted by Gasteiger charge is 2.20. The van der Waals surface area contributed by atoms with Gasteiger partial charge >= 0.3 is 11.9 Å². The van der Waals surface area contributed by atoms with E-state index in [2.05, 4.69) is 9.88 Å². The quantitative estimate of drug-likeness (QED) is 0.253. The molecule has 4 rings (SSSR count). The van der Waals surface area contributed by atoms with Crippen LogP contribution in [0.15, 0.2) is 48.7 Å². The number of carbonyl (C=O) groups is 3. The van der Waals surface area contributed by atoms with E-state index >= 15 is 0 Å². The van der Waals surface area contributed by atoms with Gasteiger partial charge in [-0.25, -0.2) is 9.59 Å². The van der Waals surface area contributed by atoms with Crippen molar-refractivity contribution >= 4 is 34.8 Å². The summed E-state index contributed by atoms with van der Waals surface area (Å²) >= 11 is 0. The Kier molecular flexibility index (Phi) is 9.53. The summed E-state index contributed by atoms with van der Waals surface area (Å²) in [5, 5.41) is 4.04. The second kappa shape index (κ2) is 13.1. The van der Waals surface area contributed by atoms with Crippen LogP contribution in [0.2, 0.25) is 0 Å². The molecule has 0 unspecified atom stereocenters. The van der Waals surface area contributed by atoms with Gasteiger partial charge in [-0.2, -0.15) is 0 Å². The van der Waals surface area contributed by atoms with E-state index in [1.54, 1.807) is 25.3 Å². The molecular formula is C33H40N2O6. The van der Waals surface area contributed by atoms with Crippen LogP contribution in [-0.2, 0) is 32.0 Å². The molecule has 3 aromatic rings. The molecule has 2 aromatic carbocycles. The minimum Gasteiger partial charge on any atom is -0.496 e. The average Bonchev–Trinajstić information content (AvgIpc) is 3.58. The lowest BCUT2D eigenvalue weighted by molar-refractivity contribution is -0.134. The van der Waals surface area contributed by atoms with Gasteiger partial charge in [-0.05, 0) is 69.4 Å². The van der Waals surface area contributed by atoms with Crippen LogP contribution in [0, 0.1) is 5.92 Å². The summed E-state index contributed by atoms with van der Waals surface area (Å²) < 4.78 is 18.0. The Morgan fingerprint density at radius 3 is 2.49 bits per heavy atom. The number of ether oxygens (including phenoxy) is 3. The lowest BCUT2D eigenvalue weighted by Gasteiger charge is -2.20. The zero-order valence-corrected chi connectivity index (χ0v) is 24.6. The highest BCUT2D eigenvalue weighted by Crippen LogP contribution is 2.29. The number of fused-ring (bicyclic) bond motifs is 1. The number of nitrogens with one attached hydrogen (secondary N) is 1. The molecule has 1 aliphatic rings. The van der Waals surface area contributed by atoms with Crippen molar-refractivity contribution in [2.45, 2.75) is 65.0 Å². The fourth-order valence-electron chi connectivity index (χ4n) is 5.21. The normalized spacial score (nSPS) is 14.0. The Balaban J connectivity index is 1.62. The van der Waals surface area contributed by atoms with E-state index in [0.29, 0.717) is 23.8 Å². The van der Waals surface area contributed by atoms with E-state index in [9.17, 15) is 14.4 Å².